The summed E-state index contributed by atoms with van der Waals surface area (Å²) < 4.78 is 5.83. The largest absolute Gasteiger partial charge is 0.439 e. The molecule has 1 aliphatic rings. The van der Waals surface area contributed by atoms with E-state index in [1.165, 1.54) is 6.42 Å². The van der Waals surface area contributed by atoms with Crippen molar-refractivity contribution in [2.45, 2.75) is 19.0 Å². The van der Waals surface area contributed by atoms with Crippen molar-refractivity contribution < 1.29 is 4.42 Å². The van der Waals surface area contributed by atoms with Gasteiger partial charge in [-0.1, -0.05) is 30.3 Å². The van der Waals surface area contributed by atoms with Crippen molar-refractivity contribution in [3.8, 4) is 11.3 Å². The minimum absolute atomic E-state index is 0. The first-order valence-corrected chi connectivity index (χ1v) is 6.74. The zero-order valence-corrected chi connectivity index (χ0v) is 13.6. The Balaban J connectivity index is 0.00000110. The summed E-state index contributed by atoms with van der Waals surface area (Å²) in [4.78, 5) is 6.68. The highest BCUT2D eigenvalue weighted by molar-refractivity contribution is 5.85. The first-order valence-electron chi connectivity index (χ1n) is 6.74. The van der Waals surface area contributed by atoms with E-state index in [4.69, 9.17) is 4.42 Å². The van der Waals surface area contributed by atoms with Crippen LogP contribution in [-0.2, 0) is 6.54 Å². The van der Waals surface area contributed by atoms with Crippen LogP contribution in [0.2, 0.25) is 0 Å². The number of oxazole rings is 1. The second kappa shape index (κ2) is 8.39. The SMILES string of the molecule is CN(Cc1ncc(-c2ccccc2)o1)C1CCNC1.Cl.Cl. The number of benzene rings is 1. The molecule has 1 aromatic heterocycles. The normalized spacial score (nSPS) is 17.3. The van der Waals surface area contributed by atoms with Gasteiger partial charge in [0.15, 0.2) is 5.76 Å². The average Bonchev–Trinajstić information content (AvgIpc) is 3.11. The van der Waals surface area contributed by atoms with Crippen molar-refractivity contribution in [3.05, 3.63) is 42.4 Å². The van der Waals surface area contributed by atoms with Crippen LogP contribution in [0.25, 0.3) is 11.3 Å². The van der Waals surface area contributed by atoms with Crippen molar-refractivity contribution in [1.29, 1.82) is 0 Å². The van der Waals surface area contributed by atoms with Gasteiger partial charge >= 0.3 is 0 Å². The molecule has 0 saturated carbocycles. The second-order valence-corrected chi connectivity index (χ2v) is 5.05. The Kier molecular flexibility index (Phi) is 7.18. The summed E-state index contributed by atoms with van der Waals surface area (Å²) in [6, 6.07) is 10.7. The molecule has 0 amide bonds. The Bertz CT molecular complexity index is 527. The molecule has 0 spiro atoms. The van der Waals surface area contributed by atoms with E-state index in [1.807, 2.05) is 36.5 Å². The van der Waals surface area contributed by atoms with Gasteiger partial charge in [-0.05, 0) is 20.0 Å². The van der Waals surface area contributed by atoms with Crippen molar-refractivity contribution in [1.82, 2.24) is 15.2 Å². The molecule has 1 aliphatic heterocycles. The van der Waals surface area contributed by atoms with E-state index >= 15 is 0 Å². The minimum Gasteiger partial charge on any atom is -0.439 e. The molecular weight excluding hydrogens is 309 g/mol. The third kappa shape index (κ3) is 4.45. The lowest BCUT2D eigenvalue weighted by molar-refractivity contribution is 0.226. The minimum atomic E-state index is 0. The highest BCUT2D eigenvalue weighted by atomic mass is 35.5. The number of likely N-dealkylation sites (N-methyl/N-ethyl adjacent to an activating group) is 1. The maximum absolute atomic E-state index is 5.83. The van der Waals surface area contributed by atoms with Gasteiger partial charge < -0.3 is 9.73 Å². The molecule has 3 rings (SSSR count). The van der Waals surface area contributed by atoms with Crippen LogP contribution in [0.3, 0.4) is 0 Å². The van der Waals surface area contributed by atoms with Crippen LogP contribution in [0, 0.1) is 0 Å². The first kappa shape index (κ1) is 18.0. The molecule has 1 saturated heterocycles. The molecule has 21 heavy (non-hydrogen) atoms. The smallest absolute Gasteiger partial charge is 0.209 e. The number of hydrogen-bond acceptors (Lipinski definition) is 4. The topological polar surface area (TPSA) is 41.3 Å². The fourth-order valence-corrected chi connectivity index (χ4v) is 2.48. The first-order chi connectivity index (χ1) is 9.33. The molecule has 1 N–H and O–H groups in total. The second-order valence-electron chi connectivity index (χ2n) is 5.05. The number of nitrogens with one attached hydrogen (secondary N) is 1. The molecular formula is C15H21Cl2N3O. The molecule has 1 fully saturated rings. The van der Waals surface area contributed by atoms with Crippen LogP contribution < -0.4 is 5.32 Å². The molecule has 116 valence electrons. The fraction of sp³-hybridized carbons (Fsp3) is 0.400. The molecule has 4 nitrogen and oxygen atoms in total. The van der Waals surface area contributed by atoms with Crippen LogP contribution in [0.5, 0.6) is 0 Å². The van der Waals surface area contributed by atoms with Gasteiger partial charge in [-0.2, -0.15) is 0 Å². The number of nitrogens with zero attached hydrogens (tertiary/aromatic N) is 2. The summed E-state index contributed by atoms with van der Waals surface area (Å²) in [5.41, 5.74) is 1.08. The highest BCUT2D eigenvalue weighted by Gasteiger charge is 2.20. The molecule has 1 unspecified atom stereocenters. The highest BCUT2D eigenvalue weighted by Crippen LogP contribution is 2.20. The van der Waals surface area contributed by atoms with Crippen molar-refractivity contribution in [2.75, 3.05) is 20.1 Å². The quantitative estimate of drug-likeness (QED) is 0.936. The lowest BCUT2D eigenvalue weighted by atomic mass is 10.2. The van der Waals surface area contributed by atoms with Gasteiger partial charge in [0, 0.05) is 18.2 Å². The number of hydrogen-bond donors (Lipinski definition) is 1. The van der Waals surface area contributed by atoms with Crippen molar-refractivity contribution >= 4 is 24.8 Å². The van der Waals surface area contributed by atoms with Crippen molar-refractivity contribution in [3.63, 3.8) is 0 Å². The predicted octanol–water partition coefficient (Wildman–Crippen LogP) is 2.98. The lowest BCUT2D eigenvalue weighted by Gasteiger charge is -2.21. The van der Waals surface area contributed by atoms with Gasteiger partial charge in [0.1, 0.15) is 0 Å². The van der Waals surface area contributed by atoms with E-state index in [-0.39, 0.29) is 24.8 Å². The standard InChI is InChI=1S/C15H19N3O.2ClH/c1-18(13-7-8-16-9-13)11-15-17-10-14(19-15)12-5-3-2-4-6-12;;/h2-6,10,13,16H,7-9,11H2,1H3;2*1H. The van der Waals surface area contributed by atoms with Gasteiger partial charge in [-0.3, -0.25) is 4.90 Å². The number of halogens is 2. The predicted molar refractivity (Wildman–Crippen MR) is 89.2 cm³/mol. The van der Waals surface area contributed by atoms with E-state index in [2.05, 4.69) is 22.2 Å². The van der Waals surface area contributed by atoms with Crippen LogP contribution in [0.4, 0.5) is 0 Å². The van der Waals surface area contributed by atoms with E-state index in [0.29, 0.717) is 6.04 Å². The molecule has 0 bridgehead atoms. The van der Waals surface area contributed by atoms with Crippen molar-refractivity contribution in [2.24, 2.45) is 0 Å². The van der Waals surface area contributed by atoms with E-state index in [1.54, 1.807) is 0 Å². The average molecular weight is 330 g/mol. The molecule has 1 aromatic carbocycles. The number of aromatic nitrogens is 1. The Morgan fingerprint density at radius 3 is 2.71 bits per heavy atom. The monoisotopic (exact) mass is 329 g/mol. The van der Waals surface area contributed by atoms with Gasteiger partial charge in [-0.15, -0.1) is 24.8 Å². The maximum Gasteiger partial charge on any atom is 0.209 e. The summed E-state index contributed by atoms with van der Waals surface area (Å²) >= 11 is 0. The summed E-state index contributed by atoms with van der Waals surface area (Å²) in [7, 11) is 2.13. The number of rotatable bonds is 4. The Hall–Kier alpha value is -1.07. The van der Waals surface area contributed by atoms with Crippen LogP contribution in [0.15, 0.2) is 40.9 Å². The molecule has 2 heterocycles. The van der Waals surface area contributed by atoms with Gasteiger partial charge in [0.2, 0.25) is 5.89 Å². The molecule has 1 atom stereocenters. The van der Waals surface area contributed by atoms with Gasteiger partial charge in [-0.25, -0.2) is 4.98 Å². The zero-order valence-electron chi connectivity index (χ0n) is 12.0. The molecule has 0 aliphatic carbocycles. The fourth-order valence-electron chi connectivity index (χ4n) is 2.48. The van der Waals surface area contributed by atoms with Crippen LogP contribution in [-0.4, -0.2) is 36.1 Å². The molecule has 0 radical (unpaired) electrons. The third-order valence-electron chi connectivity index (χ3n) is 3.65. The van der Waals surface area contributed by atoms with Crippen LogP contribution in [0.1, 0.15) is 12.3 Å². The Labute approximate surface area is 137 Å². The third-order valence-corrected chi connectivity index (χ3v) is 3.65. The summed E-state index contributed by atoms with van der Waals surface area (Å²) in [6.07, 6.45) is 3.01. The zero-order chi connectivity index (χ0) is 13.1. The van der Waals surface area contributed by atoms with Gasteiger partial charge in [0.25, 0.3) is 0 Å². The van der Waals surface area contributed by atoms with E-state index in [9.17, 15) is 0 Å². The molecule has 6 heteroatoms. The van der Waals surface area contributed by atoms with Crippen LogP contribution >= 0.6 is 24.8 Å². The van der Waals surface area contributed by atoms with Gasteiger partial charge in [0.05, 0.1) is 12.7 Å². The summed E-state index contributed by atoms with van der Waals surface area (Å²) in [5, 5.41) is 3.38. The van der Waals surface area contributed by atoms with E-state index < -0.39 is 0 Å². The Morgan fingerprint density at radius 1 is 1.29 bits per heavy atom. The summed E-state index contributed by atoms with van der Waals surface area (Å²) in [5.74, 6) is 1.63. The Morgan fingerprint density at radius 2 is 2.05 bits per heavy atom. The maximum atomic E-state index is 5.83. The van der Waals surface area contributed by atoms with E-state index in [0.717, 1.165) is 36.8 Å². The summed E-state index contributed by atoms with van der Waals surface area (Å²) in [6.45, 7) is 2.93. The lowest BCUT2D eigenvalue weighted by Crippen LogP contribution is -2.32. The molecule has 2 aromatic rings.